The summed E-state index contributed by atoms with van der Waals surface area (Å²) in [5.74, 6) is 7.28. The molecule has 0 saturated carbocycles. The first kappa shape index (κ1) is 13.3. The predicted molar refractivity (Wildman–Crippen MR) is 76.7 cm³/mol. The third-order valence-electron chi connectivity index (χ3n) is 3.75. The molecule has 0 bridgehead atoms. The summed E-state index contributed by atoms with van der Waals surface area (Å²) in [7, 11) is 0. The number of hydrazine groups is 1. The van der Waals surface area contributed by atoms with Crippen molar-refractivity contribution in [2.24, 2.45) is 5.84 Å². The van der Waals surface area contributed by atoms with Crippen molar-refractivity contribution in [3.8, 4) is 0 Å². The molecule has 1 aromatic rings. The third kappa shape index (κ3) is 2.61. The maximum Gasteiger partial charge on any atom is 0.243 e. The van der Waals surface area contributed by atoms with Gasteiger partial charge in [-0.15, -0.1) is 0 Å². The Bertz CT molecular complexity index is 463. The SMILES string of the molecule is CC1COCCN1c1nc(NN)nc(N2CCCC2)n1. The Balaban J connectivity index is 1.90. The molecular weight excluding hydrogens is 258 g/mol. The summed E-state index contributed by atoms with van der Waals surface area (Å²) in [5, 5.41) is 0. The number of rotatable bonds is 3. The van der Waals surface area contributed by atoms with Crippen LogP contribution in [-0.2, 0) is 4.74 Å². The van der Waals surface area contributed by atoms with Gasteiger partial charge < -0.3 is 14.5 Å². The highest BCUT2D eigenvalue weighted by Gasteiger charge is 2.24. The average Bonchev–Trinajstić information content (AvgIpc) is 3.01. The van der Waals surface area contributed by atoms with E-state index < -0.39 is 0 Å². The van der Waals surface area contributed by atoms with Gasteiger partial charge in [0.1, 0.15) is 0 Å². The van der Waals surface area contributed by atoms with Crippen molar-refractivity contribution in [3.05, 3.63) is 0 Å². The van der Waals surface area contributed by atoms with E-state index in [1.165, 1.54) is 12.8 Å². The predicted octanol–water partition coefficient (Wildman–Crippen LogP) is -0.0175. The summed E-state index contributed by atoms with van der Waals surface area (Å²) < 4.78 is 5.46. The summed E-state index contributed by atoms with van der Waals surface area (Å²) in [6.07, 6.45) is 2.36. The van der Waals surface area contributed by atoms with Crippen LogP contribution in [-0.4, -0.2) is 53.8 Å². The van der Waals surface area contributed by atoms with E-state index in [1.54, 1.807) is 0 Å². The first-order valence-corrected chi connectivity index (χ1v) is 7.10. The van der Waals surface area contributed by atoms with Crippen LogP contribution in [0.25, 0.3) is 0 Å². The molecule has 2 aliphatic heterocycles. The average molecular weight is 279 g/mol. The lowest BCUT2D eigenvalue weighted by Gasteiger charge is -2.33. The third-order valence-corrected chi connectivity index (χ3v) is 3.75. The molecule has 0 radical (unpaired) electrons. The summed E-state index contributed by atoms with van der Waals surface area (Å²) in [6.45, 7) is 6.26. The molecule has 1 aromatic heterocycles. The molecule has 3 rings (SSSR count). The standard InChI is InChI=1S/C12H21N7O/c1-9-8-20-7-6-19(9)12-15-10(17-13)14-11(16-12)18-4-2-3-5-18/h9H,2-8,13H2,1H3,(H,14,15,16,17). The monoisotopic (exact) mass is 279 g/mol. The number of ether oxygens (including phenoxy) is 1. The maximum atomic E-state index is 5.49. The van der Waals surface area contributed by atoms with Crippen LogP contribution in [0.2, 0.25) is 0 Å². The van der Waals surface area contributed by atoms with Crippen LogP contribution in [0.1, 0.15) is 19.8 Å². The Morgan fingerprint density at radius 3 is 2.60 bits per heavy atom. The molecule has 8 heteroatoms. The number of nitrogens with two attached hydrogens (primary N) is 1. The fourth-order valence-corrected chi connectivity index (χ4v) is 2.63. The smallest absolute Gasteiger partial charge is 0.243 e. The van der Waals surface area contributed by atoms with Crippen molar-refractivity contribution in [2.45, 2.75) is 25.8 Å². The Hall–Kier alpha value is -1.67. The summed E-state index contributed by atoms with van der Waals surface area (Å²) in [4.78, 5) is 17.7. The topological polar surface area (TPSA) is 92.4 Å². The van der Waals surface area contributed by atoms with E-state index in [9.17, 15) is 0 Å². The van der Waals surface area contributed by atoms with Gasteiger partial charge in [-0.1, -0.05) is 0 Å². The highest BCUT2D eigenvalue weighted by molar-refractivity contribution is 5.46. The van der Waals surface area contributed by atoms with Crippen LogP contribution in [0, 0.1) is 0 Å². The van der Waals surface area contributed by atoms with Gasteiger partial charge in [-0.25, -0.2) is 5.84 Å². The van der Waals surface area contributed by atoms with Crippen LogP contribution in [0.3, 0.4) is 0 Å². The van der Waals surface area contributed by atoms with Crippen LogP contribution >= 0.6 is 0 Å². The zero-order valence-corrected chi connectivity index (χ0v) is 11.7. The van der Waals surface area contributed by atoms with Crippen molar-refractivity contribution in [1.29, 1.82) is 0 Å². The highest BCUT2D eigenvalue weighted by atomic mass is 16.5. The van der Waals surface area contributed by atoms with E-state index in [0.29, 0.717) is 31.1 Å². The van der Waals surface area contributed by atoms with Crippen LogP contribution < -0.4 is 21.1 Å². The van der Waals surface area contributed by atoms with Crippen LogP contribution in [0.15, 0.2) is 0 Å². The van der Waals surface area contributed by atoms with Gasteiger partial charge in [-0.3, -0.25) is 5.43 Å². The highest BCUT2D eigenvalue weighted by Crippen LogP contribution is 2.22. The second-order valence-corrected chi connectivity index (χ2v) is 5.21. The second kappa shape index (κ2) is 5.76. The number of anilines is 3. The van der Waals surface area contributed by atoms with E-state index in [0.717, 1.165) is 19.6 Å². The number of aromatic nitrogens is 3. The van der Waals surface area contributed by atoms with Crippen molar-refractivity contribution in [1.82, 2.24) is 15.0 Å². The molecule has 20 heavy (non-hydrogen) atoms. The van der Waals surface area contributed by atoms with E-state index in [-0.39, 0.29) is 6.04 Å². The largest absolute Gasteiger partial charge is 0.377 e. The van der Waals surface area contributed by atoms with Gasteiger partial charge in [0.2, 0.25) is 17.8 Å². The molecule has 8 nitrogen and oxygen atoms in total. The summed E-state index contributed by atoms with van der Waals surface area (Å²) in [5.41, 5.74) is 2.54. The van der Waals surface area contributed by atoms with Crippen molar-refractivity contribution >= 4 is 17.8 Å². The molecule has 0 aliphatic carbocycles. The quantitative estimate of drug-likeness (QED) is 0.589. The normalized spacial score (nSPS) is 23.2. The van der Waals surface area contributed by atoms with Gasteiger partial charge in [0.15, 0.2) is 0 Å². The van der Waals surface area contributed by atoms with Crippen LogP contribution in [0.5, 0.6) is 0 Å². The Labute approximate surface area is 118 Å². The van der Waals surface area contributed by atoms with E-state index >= 15 is 0 Å². The zero-order valence-electron chi connectivity index (χ0n) is 11.7. The van der Waals surface area contributed by atoms with E-state index in [1.807, 2.05) is 0 Å². The minimum Gasteiger partial charge on any atom is -0.377 e. The molecule has 0 spiro atoms. The second-order valence-electron chi connectivity index (χ2n) is 5.21. The number of hydrogen-bond donors (Lipinski definition) is 2. The fourth-order valence-electron chi connectivity index (χ4n) is 2.63. The molecule has 2 aliphatic rings. The van der Waals surface area contributed by atoms with Gasteiger partial charge >= 0.3 is 0 Å². The van der Waals surface area contributed by atoms with Crippen LogP contribution in [0.4, 0.5) is 17.8 Å². The first-order chi connectivity index (χ1) is 9.78. The Morgan fingerprint density at radius 1 is 1.15 bits per heavy atom. The minimum atomic E-state index is 0.253. The van der Waals surface area contributed by atoms with E-state index in [2.05, 4.69) is 37.1 Å². The molecule has 2 fully saturated rings. The first-order valence-electron chi connectivity index (χ1n) is 7.10. The van der Waals surface area contributed by atoms with Crippen molar-refractivity contribution in [2.75, 3.05) is 48.1 Å². The van der Waals surface area contributed by atoms with Crippen molar-refractivity contribution in [3.63, 3.8) is 0 Å². The molecule has 110 valence electrons. The molecule has 2 saturated heterocycles. The summed E-state index contributed by atoms with van der Waals surface area (Å²) in [6, 6.07) is 0.253. The van der Waals surface area contributed by atoms with Gasteiger partial charge in [0.05, 0.1) is 19.3 Å². The molecular formula is C12H21N7O. The summed E-state index contributed by atoms with van der Waals surface area (Å²) >= 11 is 0. The number of nitrogens with zero attached hydrogens (tertiary/aromatic N) is 5. The lowest BCUT2D eigenvalue weighted by molar-refractivity contribution is 0.0981. The minimum absolute atomic E-state index is 0.253. The fraction of sp³-hybridized carbons (Fsp3) is 0.750. The molecule has 3 N–H and O–H groups in total. The molecule has 1 atom stereocenters. The molecule has 1 unspecified atom stereocenters. The molecule has 0 aromatic carbocycles. The maximum absolute atomic E-state index is 5.49. The van der Waals surface area contributed by atoms with Gasteiger partial charge in [-0.05, 0) is 19.8 Å². The lowest BCUT2D eigenvalue weighted by atomic mass is 10.3. The Kier molecular flexibility index (Phi) is 3.83. The Morgan fingerprint density at radius 2 is 1.90 bits per heavy atom. The van der Waals surface area contributed by atoms with Gasteiger partial charge in [-0.2, -0.15) is 15.0 Å². The number of hydrogen-bond acceptors (Lipinski definition) is 8. The zero-order chi connectivity index (χ0) is 13.9. The molecule has 0 amide bonds. The van der Waals surface area contributed by atoms with Crippen molar-refractivity contribution < 1.29 is 4.74 Å². The number of morpholine rings is 1. The lowest BCUT2D eigenvalue weighted by Crippen LogP contribution is -2.45. The number of nitrogen functional groups attached to an aromatic ring is 1. The number of nitrogens with one attached hydrogen (secondary N) is 1. The molecule has 3 heterocycles. The van der Waals surface area contributed by atoms with Gasteiger partial charge in [0.25, 0.3) is 0 Å². The van der Waals surface area contributed by atoms with Gasteiger partial charge in [0, 0.05) is 19.6 Å². The van der Waals surface area contributed by atoms with E-state index in [4.69, 9.17) is 10.6 Å².